The van der Waals surface area contributed by atoms with Crippen molar-refractivity contribution < 1.29 is 27.8 Å². The summed E-state index contributed by atoms with van der Waals surface area (Å²) >= 11 is 6.16. The van der Waals surface area contributed by atoms with E-state index in [1.54, 1.807) is 12.1 Å². The minimum atomic E-state index is -0.971. The van der Waals surface area contributed by atoms with E-state index in [4.69, 9.17) is 21.1 Å². The summed E-state index contributed by atoms with van der Waals surface area (Å²) in [6.45, 7) is 0.973. The van der Waals surface area contributed by atoms with Crippen LogP contribution in [0.4, 0.5) is 14.5 Å². The molecule has 0 saturated heterocycles. The van der Waals surface area contributed by atoms with Crippen molar-refractivity contribution in [2.24, 2.45) is 0 Å². The van der Waals surface area contributed by atoms with Gasteiger partial charge >= 0.3 is 0 Å². The Bertz CT molecular complexity index is 908. The van der Waals surface area contributed by atoms with Crippen LogP contribution in [-0.2, 0) is 4.79 Å². The monoisotopic (exact) mass is 410 g/mol. The summed E-state index contributed by atoms with van der Waals surface area (Å²) in [7, 11) is 0. The van der Waals surface area contributed by atoms with Gasteiger partial charge in [0, 0.05) is 37.6 Å². The highest BCUT2D eigenvalue weighted by Crippen LogP contribution is 2.37. The number of fused-ring (bicyclic) bond motifs is 1. The summed E-state index contributed by atoms with van der Waals surface area (Å²) in [5, 5.41) is 5.33. The van der Waals surface area contributed by atoms with Gasteiger partial charge in [0.2, 0.25) is 5.91 Å². The van der Waals surface area contributed by atoms with Crippen LogP contribution in [0.3, 0.4) is 0 Å². The lowest BCUT2D eigenvalue weighted by Gasteiger charge is -2.12. The number of rotatable bonds is 5. The Hall–Kier alpha value is -2.87. The molecule has 148 valence electrons. The Kier molecular flexibility index (Phi) is 6.30. The Labute approximate surface area is 164 Å². The molecule has 2 aromatic carbocycles. The number of amides is 2. The number of ether oxygens (including phenoxy) is 2. The van der Waals surface area contributed by atoms with E-state index in [-0.39, 0.29) is 23.6 Å². The molecule has 6 nitrogen and oxygen atoms in total. The molecule has 0 atom stereocenters. The van der Waals surface area contributed by atoms with Gasteiger partial charge in [-0.2, -0.15) is 0 Å². The minimum Gasteiger partial charge on any atom is -0.490 e. The van der Waals surface area contributed by atoms with Crippen molar-refractivity contribution in [3.8, 4) is 11.5 Å². The molecule has 0 fully saturated rings. The zero-order valence-corrected chi connectivity index (χ0v) is 15.4. The molecule has 1 heterocycles. The van der Waals surface area contributed by atoms with Gasteiger partial charge in [0.05, 0.1) is 29.5 Å². The van der Waals surface area contributed by atoms with Crippen molar-refractivity contribution in [1.29, 1.82) is 0 Å². The summed E-state index contributed by atoms with van der Waals surface area (Å²) < 4.78 is 37.5. The molecular weight excluding hydrogens is 394 g/mol. The predicted molar refractivity (Wildman–Crippen MR) is 99.0 cm³/mol. The first-order chi connectivity index (χ1) is 13.4. The number of halogens is 3. The highest BCUT2D eigenvalue weighted by molar-refractivity contribution is 6.34. The smallest absolute Gasteiger partial charge is 0.254 e. The molecule has 0 unspecified atom stereocenters. The van der Waals surface area contributed by atoms with Crippen molar-refractivity contribution in [3.63, 3.8) is 0 Å². The van der Waals surface area contributed by atoms with Gasteiger partial charge in [-0.15, -0.1) is 0 Å². The van der Waals surface area contributed by atoms with E-state index in [1.807, 2.05) is 0 Å². The van der Waals surface area contributed by atoms with Gasteiger partial charge in [-0.3, -0.25) is 9.59 Å². The Morgan fingerprint density at radius 3 is 2.50 bits per heavy atom. The molecule has 0 saturated carbocycles. The van der Waals surface area contributed by atoms with Crippen molar-refractivity contribution in [2.45, 2.75) is 12.8 Å². The SMILES string of the molecule is O=C(CCNC(=O)c1ccc(F)cc1F)Nc1cc2c(cc1Cl)OCCCO2. The third kappa shape index (κ3) is 4.89. The van der Waals surface area contributed by atoms with E-state index < -0.39 is 23.4 Å². The second-order valence-electron chi connectivity index (χ2n) is 6.01. The van der Waals surface area contributed by atoms with Gasteiger partial charge in [-0.25, -0.2) is 8.78 Å². The lowest BCUT2D eigenvalue weighted by Crippen LogP contribution is -2.28. The molecule has 0 aromatic heterocycles. The molecule has 2 aromatic rings. The quantitative estimate of drug-likeness (QED) is 0.790. The second-order valence-corrected chi connectivity index (χ2v) is 6.41. The van der Waals surface area contributed by atoms with E-state index in [0.29, 0.717) is 36.5 Å². The number of anilines is 1. The molecule has 0 spiro atoms. The minimum absolute atomic E-state index is 0.0380. The molecule has 1 aliphatic rings. The molecule has 1 aliphatic heterocycles. The largest absolute Gasteiger partial charge is 0.490 e. The van der Waals surface area contributed by atoms with Crippen molar-refractivity contribution in [2.75, 3.05) is 25.1 Å². The summed E-state index contributed by atoms with van der Waals surface area (Å²) in [6, 6.07) is 5.78. The van der Waals surface area contributed by atoms with Crippen LogP contribution < -0.4 is 20.1 Å². The molecular formula is C19H17ClF2N2O4. The molecule has 9 heteroatoms. The molecule has 2 amide bonds. The standard InChI is InChI=1S/C19H17ClF2N2O4/c20-13-9-16-17(28-7-1-6-27-16)10-15(13)24-18(25)4-5-23-19(26)12-3-2-11(21)8-14(12)22/h2-3,8-10H,1,4-7H2,(H,23,26)(H,24,25). The highest BCUT2D eigenvalue weighted by atomic mass is 35.5. The van der Waals surface area contributed by atoms with Crippen LogP contribution in [0.25, 0.3) is 0 Å². The Morgan fingerprint density at radius 2 is 1.79 bits per heavy atom. The molecule has 28 heavy (non-hydrogen) atoms. The third-order valence-corrected chi connectivity index (χ3v) is 4.24. The fraction of sp³-hybridized carbons (Fsp3) is 0.263. The van der Waals surface area contributed by atoms with E-state index in [1.165, 1.54) is 0 Å². The topological polar surface area (TPSA) is 76.7 Å². The van der Waals surface area contributed by atoms with E-state index >= 15 is 0 Å². The molecule has 0 radical (unpaired) electrons. The third-order valence-electron chi connectivity index (χ3n) is 3.92. The van der Waals surface area contributed by atoms with Crippen LogP contribution in [0, 0.1) is 11.6 Å². The highest BCUT2D eigenvalue weighted by Gasteiger charge is 2.16. The van der Waals surface area contributed by atoms with Gasteiger partial charge < -0.3 is 20.1 Å². The van der Waals surface area contributed by atoms with Crippen LogP contribution >= 0.6 is 11.6 Å². The summed E-state index contributed by atoms with van der Waals surface area (Å²) in [5.74, 6) is -1.90. The maximum Gasteiger partial charge on any atom is 0.254 e. The van der Waals surface area contributed by atoms with Crippen LogP contribution in [0.15, 0.2) is 30.3 Å². The lowest BCUT2D eigenvalue weighted by molar-refractivity contribution is -0.116. The molecule has 0 aliphatic carbocycles. The second kappa shape index (κ2) is 8.88. The van der Waals surface area contributed by atoms with E-state index in [9.17, 15) is 18.4 Å². The van der Waals surface area contributed by atoms with Crippen LogP contribution in [0.1, 0.15) is 23.2 Å². The maximum atomic E-state index is 13.6. The zero-order valence-electron chi connectivity index (χ0n) is 14.7. The normalized spacial score (nSPS) is 12.8. The van der Waals surface area contributed by atoms with Gasteiger partial charge in [0.15, 0.2) is 11.5 Å². The van der Waals surface area contributed by atoms with Gasteiger partial charge in [0.25, 0.3) is 5.91 Å². The summed E-state index contributed by atoms with van der Waals surface area (Å²) in [5.41, 5.74) is 0.0552. The lowest BCUT2D eigenvalue weighted by atomic mass is 10.2. The average Bonchev–Trinajstić information content (AvgIpc) is 2.86. The van der Waals surface area contributed by atoms with Crippen molar-refractivity contribution in [3.05, 3.63) is 52.6 Å². The van der Waals surface area contributed by atoms with Gasteiger partial charge in [-0.05, 0) is 12.1 Å². The first-order valence-electron chi connectivity index (χ1n) is 8.56. The van der Waals surface area contributed by atoms with Crippen molar-refractivity contribution >= 4 is 29.1 Å². The number of benzene rings is 2. The predicted octanol–water partition coefficient (Wildman–Crippen LogP) is 3.54. The first kappa shape index (κ1) is 19.9. The van der Waals surface area contributed by atoms with E-state index in [0.717, 1.165) is 18.6 Å². The van der Waals surface area contributed by atoms with Crippen LogP contribution in [-0.4, -0.2) is 31.6 Å². The number of hydrogen-bond acceptors (Lipinski definition) is 4. The molecule has 3 rings (SSSR count). The van der Waals surface area contributed by atoms with Gasteiger partial charge in [0.1, 0.15) is 11.6 Å². The van der Waals surface area contributed by atoms with Gasteiger partial charge in [-0.1, -0.05) is 11.6 Å². The molecule has 2 N–H and O–H groups in total. The summed E-state index contributed by atoms with van der Waals surface area (Å²) in [6.07, 6.45) is 0.668. The zero-order chi connectivity index (χ0) is 20.1. The van der Waals surface area contributed by atoms with Crippen molar-refractivity contribution in [1.82, 2.24) is 5.32 Å². The first-order valence-corrected chi connectivity index (χ1v) is 8.94. The number of hydrogen-bond donors (Lipinski definition) is 2. The maximum absolute atomic E-state index is 13.6. The van der Waals surface area contributed by atoms with E-state index in [2.05, 4.69) is 10.6 Å². The molecule has 0 bridgehead atoms. The number of carbonyl (C=O) groups is 2. The average molecular weight is 411 g/mol. The fourth-order valence-electron chi connectivity index (χ4n) is 2.55. The number of nitrogens with one attached hydrogen (secondary N) is 2. The Morgan fingerprint density at radius 1 is 1.07 bits per heavy atom. The summed E-state index contributed by atoms with van der Waals surface area (Å²) in [4.78, 5) is 24.0. The fourth-order valence-corrected chi connectivity index (χ4v) is 2.75. The Balaban J connectivity index is 1.54. The van der Waals surface area contributed by atoms with Crippen LogP contribution in [0.5, 0.6) is 11.5 Å². The van der Waals surface area contributed by atoms with Crippen LogP contribution in [0.2, 0.25) is 5.02 Å². The number of carbonyl (C=O) groups excluding carboxylic acids is 2.